The molecule has 0 spiro atoms. The molecule has 0 N–H and O–H groups in total. The number of fused-ring (bicyclic) bond motifs is 1. The minimum Gasteiger partial charge on any atom is -0.458 e. The second kappa shape index (κ2) is 3.87. The molecule has 3 heteroatoms. The molecule has 3 nitrogen and oxygen atoms in total. The predicted octanol–water partition coefficient (Wildman–Crippen LogP) is 2.11. The van der Waals surface area contributed by atoms with Crippen LogP contribution in [0, 0.1) is 0 Å². The quantitative estimate of drug-likeness (QED) is 0.622. The number of hydrogen-bond acceptors (Lipinski definition) is 3. The number of rotatable bonds is 0. The molecule has 0 amide bonds. The number of ether oxygens (including phenoxy) is 1. The largest absolute Gasteiger partial charge is 0.458 e. The highest BCUT2D eigenvalue weighted by Gasteiger charge is 2.04. The van der Waals surface area contributed by atoms with Crippen LogP contribution in [-0.2, 0) is 6.42 Å². The molecule has 0 saturated heterocycles. The highest BCUT2D eigenvalue weighted by molar-refractivity contribution is 5.64. The van der Waals surface area contributed by atoms with Gasteiger partial charge in [0.1, 0.15) is 11.5 Å². The van der Waals surface area contributed by atoms with Gasteiger partial charge in [0.2, 0.25) is 0 Å². The first-order chi connectivity index (χ1) is 6.86. The first kappa shape index (κ1) is 8.69. The van der Waals surface area contributed by atoms with Crippen LogP contribution in [-0.4, -0.2) is 11.2 Å². The molecule has 2 rings (SSSR count). The van der Waals surface area contributed by atoms with Crippen LogP contribution < -0.4 is 4.74 Å². The first-order valence-electron chi connectivity index (χ1n) is 4.34. The first-order valence-corrected chi connectivity index (χ1v) is 4.34. The molecule has 1 aromatic heterocycles. The average molecular weight is 186 g/mol. The summed E-state index contributed by atoms with van der Waals surface area (Å²) in [6.45, 7) is 3.75. The molecule has 0 aliphatic carbocycles. The summed E-state index contributed by atoms with van der Waals surface area (Å²) in [6.07, 6.45) is 9.41. The number of allylic oxidation sites excluding steroid dienone is 1. The van der Waals surface area contributed by atoms with Gasteiger partial charge < -0.3 is 4.74 Å². The lowest BCUT2D eigenvalue weighted by Crippen LogP contribution is -1.95. The van der Waals surface area contributed by atoms with Gasteiger partial charge in [-0.15, -0.1) is 0 Å². The van der Waals surface area contributed by atoms with E-state index in [1.54, 1.807) is 24.7 Å². The monoisotopic (exact) mass is 186 g/mol. The van der Waals surface area contributed by atoms with E-state index in [0.717, 1.165) is 17.7 Å². The van der Waals surface area contributed by atoms with Gasteiger partial charge >= 0.3 is 0 Å². The second-order valence-electron chi connectivity index (χ2n) is 2.90. The Morgan fingerprint density at radius 2 is 2.36 bits per heavy atom. The molecular formula is C11H10N2O. The van der Waals surface area contributed by atoms with Gasteiger partial charge in [-0.25, -0.2) is 0 Å². The van der Waals surface area contributed by atoms with Crippen molar-refractivity contribution in [2.24, 2.45) is 4.99 Å². The molecule has 0 fully saturated rings. The highest BCUT2D eigenvalue weighted by atomic mass is 16.5. The average Bonchev–Trinajstić information content (AvgIpc) is 2.27. The summed E-state index contributed by atoms with van der Waals surface area (Å²) in [5.41, 5.74) is 1.01. The van der Waals surface area contributed by atoms with Gasteiger partial charge in [-0.2, -0.15) is 0 Å². The third-order valence-electron chi connectivity index (χ3n) is 1.86. The van der Waals surface area contributed by atoms with Crippen LogP contribution in [0.5, 0.6) is 5.75 Å². The fraction of sp³-hybridized carbons (Fsp3) is 0.0909. The summed E-state index contributed by atoms with van der Waals surface area (Å²) >= 11 is 0. The lowest BCUT2D eigenvalue weighted by molar-refractivity contribution is 0.442. The molecule has 1 aliphatic heterocycles. The van der Waals surface area contributed by atoms with E-state index < -0.39 is 0 Å². The summed E-state index contributed by atoms with van der Waals surface area (Å²) in [7, 11) is 0. The molecule has 0 radical (unpaired) electrons. The van der Waals surface area contributed by atoms with Crippen molar-refractivity contribution in [3.05, 3.63) is 48.6 Å². The maximum absolute atomic E-state index is 5.52. The Labute approximate surface area is 82.5 Å². The Morgan fingerprint density at radius 3 is 3.29 bits per heavy atom. The normalized spacial score (nSPS) is 19.6. The lowest BCUT2D eigenvalue weighted by atomic mass is 10.2. The molecule has 0 bridgehead atoms. The van der Waals surface area contributed by atoms with Crippen molar-refractivity contribution in [1.29, 1.82) is 0 Å². The molecule has 2 heterocycles. The van der Waals surface area contributed by atoms with E-state index in [-0.39, 0.29) is 0 Å². The van der Waals surface area contributed by atoms with Gasteiger partial charge in [-0.1, -0.05) is 6.58 Å². The number of aromatic nitrogens is 1. The molecule has 1 aliphatic rings. The molecule has 70 valence electrons. The molecule has 0 aromatic carbocycles. The van der Waals surface area contributed by atoms with E-state index in [1.165, 1.54) is 0 Å². The number of hydrogen-bond donors (Lipinski definition) is 0. The van der Waals surface area contributed by atoms with Gasteiger partial charge in [0.15, 0.2) is 0 Å². The Kier molecular flexibility index (Phi) is 2.40. The van der Waals surface area contributed by atoms with Crippen molar-refractivity contribution in [2.75, 3.05) is 0 Å². The fourth-order valence-electron chi connectivity index (χ4n) is 1.18. The van der Waals surface area contributed by atoms with Crippen molar-refractivity contribution < 1.29 is 4.74 Å². The second-order valence-corrected chi connectivity index (χ2v) is 2.90. The summed E-state index contributed by atoms with van der Waals surface area (Å²) in [5.74, 6) is 1.37. The standard InChI is InChI=1S/C11H10N2O/c1-9-2-5-12-6-3-10-8-13-7-4-11(10)14-9/h2,4-8H,1,3H2/b5-2-,12-6-. The van der Waals surface area contributed by atoms with E-state index in [0.29, 0.717) is 5.76 Å². The SMILES string of the molecule is C=C1/C=C\N=C/Cc2cnccc2O1. The Hall–Kier alpha value is -1.90. The van der Waals surface area contributed by atoms with Crippen LogP contribution in [0.25, 0.3) is 0 Å². The summed E-state index contributed by atoms with van der Waals surface area (Å²) < 4.78 is 5.52. The molecule has 14 heavy (non-hydrogen) atoms. The highest BCUT2D eigenvalue weighted by Crippen LogP contribution is 2.19. The molecule has 0 unspecified atom stereocenters. The molecule has 0 atom stereocenters. The zero-order chi connectivity index (χ0) is 9.80. The minimum atomic E-state index is 0.580. The fourth-order valence-corrected chi connectivity index (χ4v) is 1.18. The number of pyridine rings is 1. The van der Waals surface area contributed by atoms with Crippen molar-refractivity contribution >= 4 is 6.21 Å². The predicted molar refractivity (Wildman–Crippen MR) is 55.3 cm³/mol. The summed E-state index contributed by atoms with van der Waals surface area (Å²) in [4.78, 5) is 8.10. The Balaban J connectivity index is 2.39. The zero-order valence-corrected chi connectivity index (χ0v) is 7.68. The number of aliphatic imine (C=N–C) groups is 1. The maximum Gasteiger partial charge on any atom is 0.134 e. The van der Waals surface area contributed by atoms with Gasteiger partial charge in [-0.05, 0) is 12.1 Å². The van der Waals surface area contributed by atoms with Crippen molar-refractivity contribution in [1.82, 2.24) is 4.98 Å². The van der Waals surface area contributed by atoms with Gasteiger partial charge in [0, 0.05) is 36.8 Å². The lowest BCUT2D eigenvalue weighted by Gasteiger charge is -2.07. The van der Waals surface area contributed by atoms with E-state index >= 15 is 0 Å². The van der Waals surface area contributed by atoms with Crippen molar-refractivity contribution in [3.8, 4) is 5.75 Å². The van der Waals surface area contributed by atoms with Crippen LogP contribution in [0.1, 0.15) is 5.56 Å². The summed E-state index contributed by atoms with van der Waals surface area (Å²) in [5, 5.41) is 0. The van der Waals surface area contributed by atoms with Gasteiger partial charge in [-0.3, -0.25) is 9.98 Å². The van der Waals surface area contributed by atoms with Crippen LogP contribution in [0.3, 0.4) is 0 Å². The molecule has 0 saturated carbocycles. The van der Waals surface area contributed by atoms with Crippen molar-refractivity contribution in [2.45, 2.75) is 6.42 Å². The van der Waals surface area contributed by atoms with Crippen LogP contribution in [0.2, 0.25) is 0 Å². The van der Waals surface area contributed by atoms with E-state index in [2.05, 4.69) is 16.6 Å². The molecule has 1 aromatic rings. The minimum absolute atomic E-state index is 0.580. The van der Waals surface area contributed by atoms with Gasteiger partial charge in [0.05, 0.1) is 0 Å². The maximum atomic E-state index is 5.52. The smallest absolute Gasteiger partial charge is 0.134 e. The van der Waals surface area contributed by atoms with E-state index in [1.807, 2.05) is 12.3 Å². The number of nitrogens with zero attached hydrogens (tertiary/aromatic N) is 2. The van der Waals surface area contributed by atoms with Crippen LogP contribution in [0.4, 0.5) is 0 Å². The topological polar surface area (TPSA) is 34.5 Å². The van der Waals surface area contributed by atoms with E-state index in [4.69, 9.17) is 4.74 Å². The third kappa shape index (κ3) is 1.88. The summed E-state index contributed by atoms with van der Waals surface area (Å²) in [6, 6.07) is 1.83. The zero-order valence-electron chi connectivity index (χ0n) is 7.68. The third-order valence-corrected chi connectivity index (χ3v) is 1.86. The van der Waals surface area contributed by atoms with Crippen LogP contribution >= 0.6 is 0 Å². The van der Waals surface area contributed by atoms with Crippen LogP contribution in [0.15, 0.2) is 48.1 Å². The van der Waals surface area contributed by atoms with Gasteiger partial charge in [0.25, 0.3) is 0 Å². The Morgan fingerprint density at radius 1 is 1.43 bits per heavy atom. The van der Waals surface area contributed by atoms with E-state index in [9.17, 15) is 0 Å². The van der Waals surface area contributed by atoms with Crippen molar-refractivity contribution in [3.63, 3.8) is 0 Å². The Bertz CT molecular complexity index is 408. The molecular weight excluding hydrogens is 176 g/mol.